The van der Waals surface area contributed by atoms with Gasteiger partial charge in [-0.1, -0.05) is 0 Å². The van der Waals surface area contributed by atoms with Gasteiger partial charge in [-0.05, 0) is 32.4 Å². The van der Waals surface area contributed by atoms with Crippen LogP contribution in [0.25, 0.3) is 11.0 Å². The van der Waals surface area contributed by atoms with Crippen LogP contribution in [0.5, 0.6) is 5.75 Å². The van der Waals surface area contributed by atoms with E-state index in [1.165, 1.54) is 7.11 Å². The van der Waals surface area contributed by atoms with Crippen molar-refractivity contribution in [2.24, 2.45) is 0 Å². The molecule has 134 valence electrons. The van der Waals surface area contributed by atoms with Gasteiger partial charge in [-0.25, -0.2) is 4.79 Å². The van der Waals surface area contributed by atoms with Crippen LogP contribution in [0.4, 0.5) is 0 Å². The smallest absolute Gasteiger partial charge is 0.337 e. The van der Waals surface area contributed by atoms with Crippen LogP contribution in [0, 0.1) is 0 Å². The molecule has 0 atom stereocenters. The molecule has 2 rings (SSSR count). The summed E-state index contributed by atoms with van der Waals surface area (Å²) in [5, 5.41) is 3.20. The van der Waals surface area contributed by atoms with Gasteiger partial charge in [0.1, 0.15) is 11.3 Å². The largest absolute Gasteiger partial charge is 0.491 e. The van der Waals surface area contributed by atoms with Crippen LogP contribution in [-0.2, 0) is 9.53 Å². The van der Waals surface area contributed by atoms with Gasteiger partial charge in [0.15, 0.2) is 0 Å². The van der Waals surface area contributed by atoms with Gasteiger partial charge < -0.3 is 19.2 Å². The maximum absolute atomic E-state index is 12.3. The summed E-state index contributed by atoms with van der Waals surface area (Å²) < 4.78 is 15.3. The van der Waals surface area contributed by atoms with Gasteiger partial charge >= 0.3 is 11.6 Å². The molecule has 0 saturated heterocycles. The number of hydrogen-bond donors (Lipinski definition) is 1. The highest BCUT2D eigenvalue weighted by atomic mass is 16.5. The molecule has 2 aromatic rings. The Morgan fingerprint density at radius 1 is 1.24 bits per heavy atom. The van der Waals surface area contributed by atoms with E-state index in [0.29, 0.717) is 24.1 Å². The summed E-state index contributed by atoms with van der Waals surface area (Å²) in [7, 11) is 1.31. The minimum Gasteiger partial charge on any atom is -0.491 e. The standard InChI is InChI=1S/C18H21NO6/c1-11(2)24-12-6-7-13-14(10-17(21)25-15(13)9-12)18(22)19-8-4-5-16(20)23-3/h6-7,9-11H,4-5,8H2,1-3H3,(H,19,22). The van der Waals surface area contributed by atoms with E-state index in [9.17, 15) is 14.4 Å². The quantitative estimate of drug-likeness (QED) is 0.469. The third-order valence-corrected chi connectivity index (χ3v) is 3.40. The first-order valence-corrected chi connectivity index (χ1v) is 8.00. The van der Waals surface area contributed by atoms with Crippen LogP contribution >= 0.6 is 0 Å². The van der Waals surface area contributed by atoms with Gasteiger partial charge in [-0.15, -0.1) is 0 Å². The van der Waals surface area contributed by atoms with Crippen molar-refractivity contribution < 1.29 is 23.5 Å². The Bertz CT molecular complexity index is 824. The summed E-state index contributed by atoms with van der Waals surface area (Å²) in [5.41, 5.74) is -0.111. The lowest BCUT2D eigenvalue weighted by atomic mass is 10.1. The SMILES string of the molecule is COC(=O)CCCNC(=O)c1cc(=O)oc2cc(OC(C)C)ccc12. The maximum Gasteiger partial charge on any atom is 0.337 e. The van der Waals surface area contributed by atoms with E-state index >= 15 is 0 Å². The fourth-order valence-corrected chi connectivity index (χ4v) is 2.31. The Morgan fingerprint density at radius 3 is 2.68 bits per heavy atom. The Balaban J connectivity index is 2.18. The number of carbonyl (C=O) groups is 2. The summed E-state index contributed by atoms with van der Waals surface area (Å²) in [6, 6.07) is 6.14. The van der Waals surface area contributed by atoms with Crippen molar-refractivity contribution in [2.45, 2.75) is 32.8 Å². The van der Waals surface area contributed by atoms with Gasteiger partial charge in [-0.3, -0.25) is 9.59 Å². The molecule has 0 saturated carbocycles. The lowest BCUT2D eigenvalue weighted by molar-refractivity contribution is -0.140. The predicted molar refractivity (Wildman–Crippen MR) is 91.8 cm³/mol. The minimum atomic E-state index is -0.617. The lowest BCUT2D eigenvalue weighted by Gasteiger charge is -2.11. The van der Waals surface area contributed by atoms with E-state index in [0.717, 1.165) is 6.07 Å². The van der Waals surface area contributed by atoms with E-state index in [1.54, 1.807) is 18.2 Å². The molecule has 0 aliphatic carbocycles. The predicted octanol–water partition coefficient (Wildman–Crippen LogP) is 2.26. The molecule has 0 radical (unpaired) electrons. The summed E-state index contributed by atoms with van der Waals surface area (Å²) in [6.45, 7) is 4.07. The molecule has 25 heavy (non-hydrogen) atoms. The Kier molecular flexibility index (Phi) is 6.16. The number of carbonyl (C=O) groups excluding carboxylic acids is 2. The summed E-state index contributed by atoms with van der Waals surface area (Å²) in [5.74, 6) is -0.181. The Hall–Kier alpha value is -2.83. The van der Waals surface area contributed by atoms with Gasteiger partial charge in [0.25, 0.3) is 5.91 Å². The molecule has 1 N–H and O–H groups in total. The van der Waals surface area contributed by atoms with Gasteiger partial charge in [0.05, 0.1) is 18.8 Å². The molecule has 0 fully saturated rings. The summed E-state index contributed by atoms with van der Waals surface area (Å²) in [4.78, 5) is 35.2. The fraction of sp³-hybridized carbons (Fsp3) is 0.389. The molecule has 1 aromatic heterocycles. The third kappa shape index (κ3) is 5.07. The van der Waals surface area contributed by atoms with Crippen molar-refractivity contribution >= 4 is 22.8 Å². The van der Waals surface area contributed by atoms with Crippen LogP contribution in [0.1, 0.15) is 37.0 Å². The second-order valence-electron chi connectivity index (χ2n) is 5.74. The van der Waals surface area contributed by atoms with E-state index in [2.05, 4.69) is 10.1 Å². The molecule has 0 bridgehead atoms. The van der Waals surface area contributed by atoms with Crippen LogP contribution in [-0.4, -0.2) is 31.6 Å². The van der Waals surface area contributed by atoms with Crippen molar-refractivity contribution in [3.63, 3.8) is 0 Å². The number of ether oxygens (including phenoxy) is 2. The topological polar surface area (TPSA) is 94.8 Å². The fourth-order valence-electron chi connectivity index (χ4n) is 2.31. The first-order chi connectivity index (χ1) is 11.9. The first-order valence-electron chi connectivity index (χ1n) is 8.00. The number of esters is 1. The number of nitrogens with one attached hydrogen (secondary N) is 1. The average Bonchev–Trinajstić information content (AvgIpc) is 2.56. The van der Waals surface area contributed by atoms with Gasteiger partial charge in [0, 0.05) is 30.5 Å². The van der Waals surface area contributed by atoms with E-state index in [-0.39, 0.29) is 29.6 Å². The van der Waals surface area contributed by atoms with Crippen LogP contribution in [0.2, 0.25) is 0 Å². The van der Waals surface area contributed by atoms with Crippen LogP contribution < -0.4 is 15.7 Å². The molecule has 1 amide bonds. The first kappa shape index (κ1) is 18.5. The highest BCUT2D eigenvalue weighted by Gasteiger charge is 2.14. The van der Waals surface area contributed by atoms with Crippen LogP contribution in [0.3, 0.4) is 0 Å². The zero-order valence-corrected chi connectivity index (χ0v) is 14.5. The highest BCUT2D eigenvalue weighted by molar-refractivity contribution is 6.05. The summed E-state index contributed by atoms with van der Waals surface area (Å²) in [6.07, 6.45) is 0.639. The molecule has 0 aliphatic rings. The maximum atomic E-state index is 12.3. The highest BCUT2D eigenvalue weighted by Crippen LogP contribution is 2.23. The van der Waals surface area contributed by atoms with E-state index in [1.807, 2.05) is 13.8 Å². The molecule has 0 spiro atoms. The number of amides is 1. The molecule has 7 heteroatoms. The number of benzene rings is 1. The van der Waals surface area contributed by atoms with Crippen molar-refractivity contribution in [3.05, 3.63) is 40.2 Å². The lowest BCUT2D eigenvalue weighted by Crippen LogP contribution is -2.26. The average molecular weight is 347 g/mol. The second-order valence-corrected chi connectivity index (χ2v) is 5.74. The number of fused-ring (bicyclic) bond motifs is 1. The Morgan fingerprint density at radius 2 is 2.00 bits per heavy atom. The number of hydrogen-bond acceptors (Lipinski definition) is 6. The van der Waals surface area contributed by atoms with E-state index in [4.69, 9.17) is 9.15 Å². The molecular formula is C18H21NO6. The van der Waals surface area contributed by atoms with Crippen molar-refractivity contribution in [3.8, 4) is 5.75 Å². The molecule has 1 aromatic carbocycles. The van der Waals surface area contributed by atoms with Crippen molar-refractivity contribution in [1.82, 2.24) is 5.32 Å². The van der Waals surface area contributed by atoms with E-state index < -0.39 is 11.5 Å². The van der Waals surface area contributed by atoms with Crippen molar-refractivity contribution in [2.75, 3.05) is 13.7 Å². The van der Waals surface area contributed by atoms with Crippen molar-refractivity contribution in [1.29, 1.82) is 0 Å². The molecular weight excluding hydrogens is 326 g/mol. The third-order valence-electron chi connectivity index (χ3n) is 3.40. The molecule has 7 nitrogen and oxygen atoms in total. The molecule has 0 aliphatic heterocycles. The normalized spacial score (nSPS) is 10.7. The second kappa shape index (κ2) is 8.32. The zero-order valence-electron chi connectivity index (χ0n) is 14.5. The zero-order chi connectivity index (χ0) is 18.4. The monoisotopic (exact) mass is 347 g/mol. The molecule has 0 unspecified atom stereocenters. The minimum absolute atomic E-state index is 0.0227. The van der Waals surface area contributed by atoms with Gasteiger partial charge in [-0.2, -0.15) is 0 Å². The number of rotatable bonds is 7. The van der Waals surface area contributed by atoms with Gasteiger partial charge in [0.2, 0.25) is 0 Å². The Labute approximate surface area is 144 Å². The summed E-state index contributed by atoms with van der Waals surface area (Å²) >= 11 is 0. The van der Waals surface area contributed by atoms with Crippen LogP contribution in [0.15, 0.2) is 33.5 Å². The number of methoxy groups -OCH3 is 1. The molecule has 1 heterocycles.